The maximum Gasteiger partial charge on any atom is 0.124 e. The van der Waals surface area contributed by atoms with Crippen molar-refractivity contribution in [2.24, 2.45) is 5.41 Å². The van der Waals surface area contributed by atoms with E-state index >= 15 is 0 Å². The molecule has 0 saturated carbocycles. The topological polar surface area (TPSA) is 0 Å². The first-order valence-electron chi connectivity index (χ1n) is 5.00. The third kappa shape index (κ3) is 3.56. The molecule has 0 heterocycles. The fraction of sp³-hybridized carbons (Fsp3) is 0.500. The Labute approximate surface area is 108 Å². The van der Waals surface area contributed by atoms with Crippen molar-refractivity contribution in [1.29, 1.82) is 0 Å². The van der Waals surface area contributed by atoms with Crippen molar-refractivity contribution in [3.63, 3.8) is 0 Å². The summed E-state index contributed by atoms with van der Waals surface area (Å²) < 4.78 is 13.8. The summed E-state index contributed by atoms with van der Waals surface area (Å²) in [5.41, 5.74) is 1.40. The molecule has 1 atom stereocenters. The van der Waals surface area contributed by atoms with Crippen LogP contribution in [0.15, 0.2) is 22.7 Å². The molecule has 1 unspecified atom stereocenters. The van der Waals surface area contributed by atoms with Crippen molar-refractivity contribution in [1.82, 2.24) is 0 Å². The van der Waals surface area contributed by atoms with Crippen LogP contribution in [-0.4, -0.2) is 5.33 Å². The van der Waals surface area contributed by atoms with E-state index in [9.17, 15) is 4.39 Å². The Kier molecular flexibility index (Phi) is 4.78. The summed E-state index contributed by atoms with van der Waals surface area (Å²) >= 11 is 6.94. The van der Waals surface area contributed by atoms with Crippen LogP contribution < -0.4 is 0 Å². The van der Waals surface area contributed by atoms with E-state index in [2.05, 4.69) is 45.7 Å². The summed E-state index contributed by atoms with van der Waals surface area (Å²) in [7, 11) is 0. The van der Waals surface area contributed by atoms with Crippen LogP contribution in [0.3, 0.4) is 0 Å². The highest BCUT2D eigenvalue weighted by Crippen LogP contribution is 2.31. The van der Waals surface area contributed by atoms with Crippen LogP contribution in [0.4, 0.5) is 4.39 Å². The van der Waals surface area contributed by atoms with Gasteiger partial charge in [0.05, 0.1) is 0 Å². The maximum absolute atomic E-state index is 12.9. The molecule has 0 amide bonds. The Hall–Kier alpha value is 0.110. The van der Waals surface area contributed by atoms with Crippen LogP contribution in [-0.2, 0) is 6.42 Å². The van der Waals surface area contributed by atoms with Gasteiger partial charge in [-0.05, 0) is 36.0 Å². The van der Waals surface area contributed by atoms with E-state index < -0.39 is 0 Å². The molecular formula is C12H15Br2F. The zero-order valence-electron chi connectivity index (χ0n) is 8.99. The van der Waals surface area contributed by atoms with Crippen LogP contribution in [0, 0.1) is 11.2 Å². The van der Waals surface area contributed by atoms with Gasteiger partial charge in [0.2, 0.25) is 0 Å². The number of halogens is 3. The van der Waals surface area contributed by atoms with E-state index in [4.69, 9.17) is 0 Å². The van der Waals surface area contributed by atoms with Crippen LogP contribution in [0.2, 0.25) is 0 Å². The molecule has 0 fully saturated rings. The van der Waals surface area contributed by atoms with Gasteiger partial charge < -0.3 is 0 Å². The molecular weight excluding hydrogens is 323 g/mol. The number of hydrogen-bond acceptors (Lipinski definition) is 0. The predicted octanol–water partition coefficient (Wildman–Crippen LogP) is 4.94. The minimum atomic E-state index is -0.192. The Balaban J connectivity index is 2.89. The molecule has 3 heteroatoms. The Morgan fingerprint density at radius 2 is 2.07 bits per heavy atom. The molecule has 15 heavy (non-hydrogen) atoms. The lowest BCUT2D eigenvalue weighted by atomic mass is 9.83. The number of alkyl halides is 1. The molecule has 0 aromatic heterocycles. The first kappa shape index (κ1) is 13.2. The van der Waals surface area contributed by atoms with Gasteiger partial charge in [-0.25, -0.2) is 4.39 Å². The molecule has 1 aromatic rings. The summed E-state index contributed by atoms with van der Waals surface area (Å²) in [5, 5.41) is 0.959. The van der Waals surface area contributed by atoms with Crippen molar-refractivity contribution in [2.45, 2.75) is 26.7 Å². The largest absolute Gasteiger partial charge is 0.207 e. The van der Waals surface area contributed by atoms with Crippen LogP contribution in [0.25, 0.3) is 0 Å². The molecule has 0 spiro atoms. The van der Waals surface area contributed by atoms with Crippen LogP contribution >= 0.6 is 31.9 Å². The average molecular weight is 338 g/mol. The van der Waals surface area contributed by atoms with E-state index in [1.165, 1.54) is 17.7 Å². The molecule has 84 valence electrons. The fourth-order valence-electron chi connectivity index (χ4n) is 1.39. The third-order valence-electron chi connectivity index (χ3n) is 2.81. The van der Waals surface area contributed by atoms with E-state index in [1.807, 2.05) is 6.07 Å². The van der Waals surface area contributed by atoms with E-state index in [0.717, 1.165) is 22.6 Å². The molecule has 1 aromatic carbocycles. The molecule has 0 bridgehead atoms. The van der Waals surface area contributed by atoms with Crippen molar-refractivity contribution < 1.29 is 4.39 Å². The highest BCUT2D eigenvalue weighted by Gasteiger charge is 2.22. The molecule has 0 saturated heterocycles. The lowest BCUT2D eigenvalue weighted by Gasteiger charge is -2.26. The highest BCUT2D eigenvalue weighted by atomic mass is 79.9. The van der Waals surface area contributed by atoms with Gasteiger partial charge in [-0.2, -0.15) is 0 Å². The van der Waals surface area contributed by atoms with E-state index in [-0.39, 0.29) is 11.2 Å². The summed E-state index contributed by atoms with van der Waals surface area (Å²) in [4.78, 5) is 0. The average Bonchev–Trinajstić information content (AvgIpc) is 2.22. The molecule has 0 aliphatic rings. The summed E-state index contributed by atoms with van der Waals surface area (Å²) in [6.45, 7) is 4.41. The molecule has 0 radical (unpaired) electrons. The summed E-state index contributed by atoms with van der Waals surface area (Å²) in [6.07, 6.45) is 2.05. The Morgan fingerprint density at radius 3 is 2.53 bits per heavy atom. The molecule has 0 aliphatic heterocycles. The van der Waals surface area contributed by atoms with E-state index in [1.54, 1.807) is 0 Å². The second-order valence-corrected chi connectivity index (χ2v) is 5.63. The van der Waals surface area contributed by atoms with Gasteiger partial charge in [0.25, 0.3) is 0 Å². The van der Waals surface area contributed by atoms with Gasteiger partial charge in [-0.3, -0.25) is 0 Å². The standard InChI is InChI=1S/C12H15Br2F/c1-3-12(2,8-13)7-9-4-5-10(15)6-11(9)14/h4-6H,3,7-8H2,1-2H3. The predicted molar refractivity (Wildman–Crippen MR) is 70.0 cm³/mol. The zero-order valence-corrected chi connectivity index (χ0v) is 12.2. The van der Waals surface area contributed by atoms with Crippen molar-refractivity contribution >= 4 is 31.9 Å². The summed E-state index contributed by atoms with van der Waals surface area (Å²) in [6, 6.07) is 4.90. The zero-order chi connectivity index (χ0) is 11.5. The smallest absolute Gasteiger partial charge is 0.124 e. The molecule has 0 N–H and O–H groups in total. The van der Waals surface area contributed by atoms with Gasteiger partial charge in [0, 0.05) is 9.80 Å². The first-order valence-corrected chi connectivity index (χ1v) is 6.92. The van der Waals surface area contributed by atoms with Crippen LogP contribution in [0.1, 0.15) is 25.8 Å². The third-order valence-corrected chi connectivity index (χ3v) is 4.90. The molecule has 1 rings (SSSR count). The Morgan fingerprint density at radius 1 is 1.40 bits per heavy atom. The highest BCUT2D eigenvalue weighted by molar-refractivity contribution is 9.10. The number of rotatable bonds is 4. The van der Waals surface area contributed by atoms with Gasteiger partial charge >= 0.3 is 0 Å². The normalized spacial score (nSPS) is 15.0. The second kappa shape index (κ2) is 5.44. The van der Waals surface area contributed by atoms with Crippen molar-refractivity contribution in [3.05, 3.63) is 34.1 Å². The molecule has 0 nitrogen and oxygen atoms in total. The first-order chi connectivity index (χ1) is 7.00. The van der Waals surface area contributed by atoms with E-state index in [0.29, 0.717) is 0 Å². The van der Waals surface area contributed by atoms with Gasteiger partial charge in [0.15, 0.2) is 0 Å². The lowest BCUT2D eigenvalue weighted by Crippen LogP contribution is -2.20. The quantitative estimate of drug-likeness (QED) is 0.682. The van der Waals surface area contributed by atoms with Crippen molar-refractivity contribution in [2.75, 3.05) is 5.33 Å². The number of hydrogen-bond donors (Lipinski definition) is 0. The minimum Gasteiger partial charge on any atom is -0.207 e. The van der Waals surface area contributed by atoms with Crippen LogP contribution in [0.5, 0.6) is 0 Å². The minimum absolute atomic E-state index is 0.192. The fourth-order valence-corrected chi connectivity index (χ4v) is 2.48. The lowest BCUT2D eigenvalue weighted by molar-refractivity contribution is 0.360. The monoisotopic (exact) mass is 336 g/mol. The van der Waals surface area contributed by atoms with Crippen molar-refractivity contribution in [3.8, 4) is 0 Å². The Bertz CT molecular complexity index is 332. The molecule has 0 aliphatic carbocycles. The SMILES string of the molecule is CCC(C)(CBr)Cc1ccc(F)cc1Br. The summed E-state index contributed by atoms with van der Waals surface area (Å²) in [5.74, 6) is -0.192. The van der Waals surface area contributed by atoms with Gasteiger partial charge in [0.1, 0.15) is 5.82 Å². The number of benzene rings is 1. The maximum atomic E-state index is 12.9. The second-order valence-electron chi connectivity index (χ2n) is 4.21. The van der Waals surface area contributed by atoms with Gasteiger partial charge in [-0.1, -0.05) is 51.8 Å². The van der Waals surface area contributed by atoms with Gasteiger partial charge in [-0.15, -0.1) is 0 Å².